The van der Waals surface area contributed by atoms with Crippen molar-refractivity contribution in [3.8, 4) is 5.75 Å². The lowest BCUT2D eigenvalue weighted by molar-refractivity contribution is -0.135. The molecule has 1 heterocycles. The van der Waals surface area contributed by atoms with E-state index in [1.54, 1.807) is 31.4 Å². The molecule has 0 aliphatic carbocycles. The SMILES string of the molecule is CC[C@@]1(c2ccc(OC)cc2)NC(=O)N(CC(=O)N[C@@H](C)c2ccccc2)C1=O. The number of benzene rings is 2. The van der Waals surface area contributed by atoms with Crippen LogP contribution in [0.2, 0.25) is 0 Å². The monoisotopic (exact) mass is 395 g/mol. The summed E-state index contributed by atoms with van der Waals surface area (Å²) in [6.07, 6.45) is 0.364. The highest BCUT2D eigenvalue weighted by Gasteiger charge is 2.51. The van der Waals surface area contributed by atoms with Gasteiger partial charge in [-0.1, -0.05) is 49.4 Å². The molecule has 1 saturated heterocycles. The van der Waals surface area contributed by atoms with Crippen LogP contribution >= 0.6 is 0 Å². The summed E-state index contributed by atoms with van der Waals surface area (Å²) in [7, 11) is 1.56. The Hall–Kier alpha value is -3.35. The first-order chi connectivity index (χ1) is 13.9. The molecule has 2 N–H and O–H groups in total. The number of nitrogens with one attached hydrogen (secondary N) is 2. The van der Waals surface area contributed by atoms with Gasteiger partial charge in [0.15, 0.2) is 0 Å². The molecular formula is C22H25N3O4. The lowest BCUT2D eigenvalue weighted by Crippen LogP contribution is -2.45. The normalized spacial score (nSPS) is 19.6. The molecule has 1 aliphatic heterocycles. The predicted octanol–water partition coefficient (Wildman–Crippen LogP) is 2.73. The van der Waals surface area contributed by atoms with Gasteiger partial charge in [0.05, 0.1) is 13.2 Å². The van der Waals surface area contributed by atoms with Crippen molar-refractivity contribution in [2.45, 2.75) is 31.8 Å². The van der Waals surface area contributed by atoms with Gasteiger partial charge in [-0.15, -0.1) is 0 Å². The predicted molar refractivity (Wildman–Crippen MR) is 108 cm³/mol. The molecule has 0 aromatic heterocycles. The Labute approximate surface area is 170 Å². The second kappa shape index (κ2) is 8.34. The number of ether oxygens (including phenoxy) is 1. The number of imide groups is 1. The van der Waals surface area contributed by atoms with Crippen LogP contribution in [-0.2, 0) is 15.1 Å². The smallest absolute Gasteiger partial charge is 0.325 e. The Bertz CT molecular complexity index is 898. The van der Waals surface area contributed by atoms with Crippen LogP contribution < -0.4 is 15.4 Å². The van der Waals surface area contributed by atoms with E-state index in [0.29, 0.717) is 17.7 Å². The van der Waals surface area contributed by atoms with Crippen LogP contribution in [0.1, 0.15) is 37.4 Å². The average molecular weight is 395 g/mol. The maximum atomic E-state index is 13.1. The molecule has 7 nitrogen and oxygen atoms in total. The molecule has 152 valence electrons. The van der Waals surface area contributed by atoms with Gasteiger partial charge in [-0.05, 0) is 36.6 Å². The fraction of sp³-hybridized carbons (Fsp3) is 0.318. The van der Waals surface area contributed by atoms with Crippen molar-refractivity contribution in [3.05, 3.63) is 65.7 Å². The van der Waals surface area contributed by atoms with Crippen molar-refractivity contribution in [3.63, 3.8) is 0 Å². The Balaban J connectivity index is 1.74. The third-order valence-corrected chi connectivity index (χ3v) is 5.27. The highest BCUT2D eigenvalue weighted by Crippen LogP contribution is 2.33. The molecule has 3 rings (SSSR count). The minimum absolute atomic E-state index is 0.234. The van der Waals surface area contributed by atoms with Gasteiger partial charge < -0.3 is 15.4 Å². The van der Waals surface area contributed by atoms with Crippen LogP contribution in [0.3, 0.4) is 0 Å². The van der Waals surface area contributed by atoms with Crippen LogP contribution in [0, 0.1) is 0 Å². The van der Waals surface area contributed by atoms with Crippen molar-refractivity contribution in [1.29, 1.82) is 0 Å². The van der Waals surface area contributed by atoms with Crippen molar-refractivity contribution in [1.82, 2.24) is 15.5 Å². The third-order valence-electron chi connectivity index (χ3n) is 5.27. The first-order valence-electron chi connectivity index (χ1n) is 9.54. The third kappa shape index (κ3) is 3.94. The summed E-state index contributed by atoms with van der Waals surface area (Å²) in [5.41, 5.74) is 0.410. The Kier molecular flexibility index (Phi) is 5.87. The maximum absolute atomic E-state index is 13.1. The minimum Gasteiger partial charge on any atom is -0.497 e. The van der Waals surface area contributed by atoms with Gasteiger partial charge in [0, 0.05) is 0 Å². The van der Waals surface area contributed by atoms with Crippen LogP contribution in [-0.4, -0.2) is 36.4 Å². The van der Waals surface area contributed by atoms with E-state index < -0.39 is 23.4 Å². The summed E-state index contributed by atoms with van der Waals surface area (Å²) < 4.78 is 5.16. The van der Waals surface area contributed by atoms with Gasteiger partial charge >= 0.3 is 6.03 Å². The minimum atomic E-state index is -1.19. The number of nitrogens with zero attached hydrogens (tertiary/aromatic N) is 1. The number of urea groups is 1. The summed E-state index contributed by atoms with van der Waals surface area (Å²) in [6.45, 7) is 3.34. The van der Waals surface area contributed by atoms with Gasteiger partial charge in [-0.3, -0.25) is 14.5 Å². The van der Waals surface area contributed by atoms with Gasteiger partial charge in [0.25, 0.3) is 5.91 Å². The first-order valence-corrected chi connectivity index (χ1v) is 9.54. The Morgan fingerprint density at radius 2 is 1.79 bits per heavy atom. The van der Waals surface area contributed by atoms with E-state index in [1.165, 1.54) is 0 Å². The summed E-state index contributed by atoms with van der Waals surface area (Å²) in [4.78, 5) is 39.1. The van der Waals surface area contributed by atoms with Gasteiger partial charge in [-0.2, -0.15) is 0 Å². The number of amides is 4. The van der Waals surface area contributed by atoms with E-state index in [4.69, 9.17) is 4.74 Å². The standard InChI is InChI=1S/C22H25N3O4/c1-4-22(17-10-12-18(29-3)13-11-17)20(27)25(21(28)24-22)14-19(26)23-15(2)16-8-6-5-7-9-16/h5-13,15H,4,14H2,1-3H3,(H,23,26)(H,24,28)/t15-,22-/m0/s1. The molecule has 2 atom stereocenters. The Morgan fingerprint density at radius 1 is 1.14 bits per heavy atom. The quantitative estimate of drug-likeness (QED) is 0.706. The molecular weight excluding hydrogens is 370 g/mol. The molecule has 0 bridgehead atoms. The van der Waals surface area contributed by atoms with Gasteiger partial charge in [0.2, 0.25) is 5.91 Å². The number of hydrogen-bond donors (Lipinski definition) is 2. The van der Waals surface area contributed by atoms with E-state index >= 15 is 0 Å². The number of carbonyl (C=O) groups is 3. The van der Waals surface area contributed by atoms with E-state index in [0.717, 1.165) is 10.5 Å². The maximum Gasteiger partial charge on any atom is 0.325 e. The molecule has 7 heteroatoms. The topological polar surface area (TPSA) is 87.7 Å². The summed E-state index contributed by atoms with van der Waals surface area (Å²) in [5.74, 6) is -0.174. The van der Waals surface area contributed by atoms with Crippen molar-refractivity contribution >= 4 is 17.8 Å². The summed E-state index contributed by atoms with van der Waals surface area (Å²) in [5, 5.41) is 5.61. The van der Waals surface area contributed by atoms with Crippen molar-refractivity contribution in [2.24, 2.45) is 0 Å². The first kappa shape index (κ1) is 20.4. The van der Waals surface area contributed by atoms with E-state index in [2.05, 4.69) is 10.6 Å². The molecule has 2 aromatic carbocycles. The lowest BCUT2D eigenvalue weighted by atomic mass is 9.87. The van der Waals surface area contributed by atoms with E-state index in [-0.39, 0.29) is 12.6 Å². The molecule has 0 radical (unpaired) electrons. The largest absolute Gasteiger partial charge is 0.497 e. The zero-order valence-electron chi connectivity index (χ0n) is 16.8. The second-order valence-corrected chi connectivity index (χ2v) is 7.01. The van der Waals surface area contributed by atoms with E-state index in [9.17, 15) is 14.4 Å². The molecule has 29 heavy (non-hydrogen) atoms. The number of carbonyl (C=O) groups excluding carboxylic acids is 3. The van der Waals surface area contributed by atoms with Crippen molar-refractivity contribution < 1.29 is 19.1 Å². The number of rotatable bonds is 7. The van der Waals surface area contributed by atoms with Crippen LogP contribution in [0.4, 0.5) is 4.79 Å². The molecule has 1 aliphatic rings. The van der Waals surface area contributed by atoms with E-state index in [1.807, 2.05) is 44.2 Å². The molecule has 0 spiro atoms. The average Bonchev–Trinajstić information content (AvgIpc) is 2.99. The molecule has 1 fully saturated rings. The van der Waals surface area contributed by atoms with Gasteiger partial charge in [0.1, 0.15) is 17.8 Å². The fourth-order valence-electron chi connectivity index (χ4n) is 3.54. The highest BCUT2D eigenvalue weighted by molar-refractivity contribution is 6.09. The van der Waals surface area contributed by atoms with Crippen LogP contribution in [0.15, 0.2) is 54.6 Å². The Morgan fingerprint density at radius 3 is 2.38 bits per heavy atom. The lowest BCUT2D eigenvalue weighted by Gasteiger charge is -2.26. The fourth-order valence-corrected chi connectivity index (χ4v) is 3.54. The zero-order valence-corrected chi connectivity index (χ0v) is 16.8. The highest BCUT2D eigenvalue weighted by atomic mass is 16.5. The zero-order chi connectivity index (χ0) is 21.0. The summed E-state index contributed by atoms with van der Waals surface area (Å²) in [6, 6.07) is 15.7. The molecule has 2 aromatic rings. The van der Waals surface area contributed by atoms with Crippen LogP contribution in [0.5, 0.6) is 5.75 Å². The van der Waals surface area contributed by atoms with Crippen molar-refractivity contribution in [2.75, 3.05) is 13.7 Å². The number of methoxy groups -OCH3 is 1. The van der Waals surface area contributed by atoms with Gasteiger partial charge in [-0.25, -0.2) is 4.79 Å². The molecule has 0 unspecified atom stereocenters. The summed E-state index contributed by atoms with van der Waals surface area (Å²) >= 11 is 0. The van der Waals surface area contributed by atoms with Crippen LogP contribution in [0.25, 0.3) is 0 Å². The molecule has 4 amide bonds. The molecule has 0 saturated carbocycles. The number of hydrogen-bond acceptors (Lipinski definition) is 4. The second-order valence-electron chi connectivity index (χ2n) is 7.01.